The number of carbonyl (C=O) groups is 1. The van der Waals surface area contributed by atoms with Crippen LogP contribution < -0.4 is 0 Å². The molecule has 0 fully saturated rings. The Bertz CT molecular complexity index is 215. The van der Waals surface area contributed by atoms with Gasteiger partial charge >= 0.3 is 5.97 Å². The highest BCUT2D eigenvalue weighted by Gasteiger charge is 2.34. The molecule has 0 unspecified atom stereocenters. The Hall–Kier alpha value is -1.13. The molecule has 0 aliphatic heterocycles. The second kappa shape index (κ2) is 5.57. The van der Waals surface area contributed by atoms with Crippen LogP contribution in [0.15, 0.2) is 0 Å². The Morgan fingerprint density at radius 1 is 1.50 bits per heavy atom. The van der Waals surface area contributed by atoms with Crippen LogP contribution in [0, 0.1) is 16.0 Å². The first-order valence-electron chi connectivity index (χ1n) is 4.70. The van der Waals surface area contributed by atoms with E-state index < -0.39 is 18.1 Å². The maximum atomic E-state index is 10.8. The summed E-state index contributed by atoms with van der Waals surface area (Å²) in [6.45, 7) is 6.59. The molecule has 0 aromatic carbocycles. The van der Waals surface area contributed by atoms with Gasteiger partial charge in [-0.1, -0.05) is 20.8 Å². The number of hydrogen-bond donors (Lipinski definition) is 0. The van der Waals surface area contributed by atoms with Gasteiger partial charge in [-0.05, 0) is 5.92 Å². The fourth-order valence-electron chi connectivity index (χ4n) is 1.35. The molecule has 0 spiro atoms. The van der Waals surface area contributed by atoms with Gasteiger partial charge < -0.3 is 4.74 Å². The van der Waals surface area contributed by atoms with Crippen molar-refractivity contribution in [2.45, 2.75) is 46.3 Å². The minimum atomic E-state index is -0.807. The predicted molar refractivity (Wildman–Crippen MR) is 51.5 cm³/mol. The zero-order chi connectivity index (χ0) is 11.3. The third-order valence-corrected chi connectivity index (χ3v) is 2.03. The van der Waals surface area contributed by atoms with E-state index >= 15 is 0 Å². The maximum absolute atomic E-state index is 10.8. The monoisotopic (exact) mass is 203 g/mol. The van der Waals surface area contributed by atoms with E-state index in [1.54, 1.807) is 20.8 Å². The van der Waals surface area contributed by atoms with Gasteiger partial charge in [-0.15, -0.1) is 0 Å². The summed E-state index contributed by atoms with van der Waals surface area (Å²) in [7, 11) is 0. The van der Waals surface area contributed by atoms with Gasteiger partial charge in [-0.3, -0.25) is 14.9 Å². The summed E-state index contributed by atoms with van der Waals surface area (Å²) in [6, 6.07) is -0.807. The quantitative estimate of drug-likeness (QED) is 0.387. The van der Waals surface area contributed by atoms with Crippen LogP contribution in [0.2, 0.25) is 0 Å². The van der Waals surface area contributed by atoms with Gasteiger partial charge in [0.25, 0.3) is 0 Å². The Morgan fingerprint density at radius 3 is 2.21 bits per heavy atom. The number of hydrogen-bond acceptors (Lipinski definition) is 4. The Morgan fingerprint density at radius 2 is 2.00 bits per heavy atom. The van der Waals surface area contributed by atoms with Gasteiger partial charge in [0.15, 0.2) is 6.10 Å². The van der Waals surface area contributed by atoms with E-state index in [1.807, 2.05) is 0 Å². The van der Waals surface area contributed by atoms with Crippen molar-refractivity contribution in [3.8, 4) is 0 Å². The van der Waals surface area contributed by atoms with Gasteiger partial charge in [0.2, 0.25) is 6.04 Å². The van der Waals surface area contributed by atoms with Crippen molar-refractivity contribution in [2.75, 3.05) is 0 Å². The van der Waals surface area contributed by atoms with Gasteiger partial charge in [-0.2, -0.15) is 0 Å². The van der Waals surface area contributed by atoms with Crippen molar-refractivity contribution >= 4 is 5.97 Å². The highest BCUT2D eigenvalue weighted by atomic mass is 16.6. The fraction of sp³-hybridized carbons (Fsp3) is 0.889. The number of esters is 1. The van der Waals surface area contributed by atoms with Crippen molar-refractivity contribution in [3.63, 3.8) is 0 Å². The standard InChI is InChI=1S/C9H17NO4/c1-5-8(10(12)13)9(6(2)3)14-7(4)11/h6,8-9H,5H2,1-4H3/t8-,9+/m1/s1. The number of rotatable bonds is 5. The van der Waals surface area contributed by atoms with Crippen LogP contribution in [0.25, 0.3) is 0 Å². The molecule has 0 saturated carbocycles. The van der Waals surface area contributed by atoms with E-state index in [-0.39, 0.29) is 10.8 Å². The van der Waals surface area contributed by atoms with Crippen molar-refractivity contribution in [2.24, 2.45) is 5.92 Å². The van der Waals surface area contributed by atoms with Crippen LogP contribution in [0.3, 0.4) is 0 Å². The molecule has 0 aromatic heterocycles. The zero-order valence-corrected chi connectivity index (χ0v) is 9.02. The van der Waals surface area contributed by atoms with Crippen LogP contribution in [0.1, 0.15) is 34.1 Å². The summed E-state index contributed by atoms with van der Waals surface area (Å²) >= 11 is 0. The lowest BCUT2D eigenvalue weighted by molar-refractivity contribution is -0.536. The van der Waals surface area contributed by atoms with E-state index in [1.165, 1.54) is 6.92 Å². The molecule has 14 heavy (non-hydrogen) atoms. The van der Waals surface area contributed by atoms with Crippen molar-refractivity contribution < 1.29 is 14.5 Å². The molecule has 0 amide bonds. The highest BCUT2D eigenvalue weighted by molar-refractivity contribution is 5.66. The lowest BCUT2D eigenvalue weighted by Crippen LogP contribution is -2.40. The third-order valence-electron chi connectivity index (χ3n) is 2.03. The number of carbonyl (C=O) groups excluding carboxylic acids is 1. The maximum Gasteiger partial charge on any atom is 0.303 e. The molecule has 0 radical (unpaired) electrons. The van der Waals surface area contributed by atoms with Crippen LogP contribution in [-0.2, 0) is 9.53 Å². The number of nitro groups is 1. The fourth-order valence-corrected chi connectivity index (χ4v) is 1.35. The van der Waals surface area contributed by atoms with Gasteiger partial charge in [-0.25, -0.2) is 0 Å². The molecule has 82 valence electrons. The Balaban J connectivity index is 4.60. The first kappa shape index (κ1) is 12.9. The Labute approximate surface area is 83.6 Å². The molecule has 0 aliphatic rings. The average molecular weight is 203 g/mol. The van der Waals surface area contributed by atoms with Gasteiger partial charge in [0.05, 0.1) is 0 Å². The number of nitrogens with zero attached hydrogens (tertiary/aromatic N) is 1. The van der Waals surface area contributed by atoms with E-state index in [0.29, 0.717) is 6.42 Å². The van der Waals surface area contributed by atoms with E-state index in [0.717, 1.165) is 0 Å². The molecule has 0 heterocycles. The second-order valence-corrected chi connectivity index (χ2v) is 3.58. The SMILES string of the molecule is CC[C@H]([C@@H](OC(C)=O)C(C)C)[N+](=O)[O-]. The van der Waals surface area contributed by atoms with E-state index in [4.69, 9.17) is 4.74 Å². The van der Waals surface area contributed by atoms with E-state index in [9.17, 15) is 14.9 Å². The minimum Gasteiger partial charge on any atom is -0.455 e. The molecule has 0 bridgehead atoms. The summed E-state index contributed by atoms with van der Waals surface area (Å²) in [5, 5.41) is 10.7. The molecular weight excluding hydrogens is 186 g/mol. The topological polar surface area (TPSA) is 69.4 Å². The third kappa shape index (κ3) is 3.72. The second-order valence-electron chi connectivity index (χ2n) is 3.58. The molecule has 0 aliphatic carbocycles. The average Bonchev–Trinajstić information content (AvgIpc) is 2.02. The van der Waals surface area contributed by atoms with Gasteiger partial charge in [0.1, 0.15) is 0 Å². The summed E-state index contributed by atoms with van der Waals surface area (Å²) in [5.41, 5.74) is 0. The zero-order valence-electron chi connectivity index (χ0n) is 9.02. The molecule has 0 saturated heterocycles. The Kier molecular flexibility index (Phi) is 5.12. The predicted octanol–water partition coefficient (Wildman–Crippen LogP) is 1.63. The molecular formula is C9H17NO4. The smallest absolute Gasteiger partial charge is 0.303 e. The molecule has 2 atom stereocenters. The molecule has 0 aromatic rings. The normalized spacial score (nSPS) is 14.9. The van der Waals surface area contributed by atoms with Crippen molar-refractivity contribution in [1.82, 2.24) is 0 Å². The van der Waals surface area contributed by atoms with Crippen molar-refractivity contribution in [1.29, 1.82) is 0 Å². The summed E-state index contributed by atoms with van der Waals surface area (Å²) in [5.74, 6) is -0.516. The summed E-state index contributed by atoms with van der Waals surface area (Å²) in [4.78, 5) is 21.0. The van der Waals surface area contributed by atoms with Gasteiger partial charge in [0, 0.05) is 18.3 Å². The van der Waals surface area contributed by atoms with Crippen LogP contribution >= 0.6 is 0 Å². The molecule has 0 N–H and O–H groups in total. The molecule has 5 nitrogen and oxygen atoms in total. The largest absolute Gasteiger partial charge is 0.455 e. The lowest BCUT2D eigenvalue weighted by Gasteiger charge is -2.22. The highest BCUT2D eigenvalue weighted by Crippen LogP contribution is 2.16. The number of ether oxygens (including phenoxy) is 1. The van der Waals surface area contributed by atoms with E-state index in [2.05, 4.69) is 0 Å². The van der Waals surface area contributed by atoms with Crippen LogP contribution in [0.5, 0.6) is 0 Å². The van der Waals surface area contributed by atoms with Crippen LogP contribution in [0.4, 0.5) is 0 Å². The minimum absolute atomic E-state index is 0.0470. The lowest BCUT2D eigenvalue weighted by atomic mass is 9.98. The van der Waals surface area contributed by atoms with Crippen LogP contribution in [-0.4, -0.2) is 23.0 Å². The summed E-state index contributed by atoms with van der Waals surface area (Å²) < 4.78 is 4.95. The van der Waals surface area contributed by atoms with Crippen molar-refractivity contribution in [3.05, 3.63) is 10.1 Å². The first-order valence-corrected chi connectivity index (χ1v) is 4.70. The molecule has 5 heteroatoms. The first-order chi connectivity index (χ1) is 6.40. The molecule has 0 rings (SSSR count). The summed E-state index contributed by atoms with van der Waals surface area (Å²) in [6.07, 6.45) is -0.268.